The van der Waals surface area contributed by atoms with E-state index >= 15 is 0 Å². The van der Waals surface area contributed by atoms with E-state index in [0.717, 1.165) is 30.6 Å². The van der Waals surface area contributed by atoms with Crippen molar-refractivity contribution in [1.29, 1.82) is 0 Å². The number of carbonyl (C=O) groups is 1. The van der Waals surface area contributed by atoms with Gasteiger partial charge in [0.15, 0.2) is 0 Å². The van der Waals surface area contributed by atoms with Crippen LogP contribution in [0.25, 0.3) is 0 Å². The highest BCUT2D eigenvalue weighted by Gasteiger charge is 2.31. The molecule has 2 heterocycles. The molecule has 1 aliphatic carbocycles. The molecule has 122 valence electrons. The zero-order valence-corrected chi connectivity index (χ0v) is 13.8. The van der Waals surface area contributed by atoms with Crippen LogP contribution >= 0.6 is 0 Å². The normalized spacial score (nSPS) is 23.2. The number of aliphatic hydroxyl groups excluding tert-OH is 1. The van der Waals surface area contributed by atoms with Crippen LogP contribution in [0.1, 0.15) is 72.7 Å². The van der Waals surface area contributed by atoms with Crippen molar-refractivity contribution >= 4 is 5.91 Å². The van der Waals surface area contributed by atoms with Crippen LogP contribution in [-0.2, 0) is 0 Å². The van der Waals surface area contributed by atoms with Gasteiger partial charge in [-0.1, -0.05) is 19.3 Å². The largest absolute Gasteiger partial charge is 0.394 e. The van der Waals surface area contributed by atoms with Gasteiger partial charge in [-0.2, -0.15) is 0 Å². The van der Waals surface area contributed by atoms with Crippen molar-refractivity contribution in [3.63, 3.8) is 0 Å². The maximum atomic E-state index is 12.9. The van der Waals surface area contributed by atoms with Crippen LogP contribution in [-0.4, -0.2) is 39.7 Å². The number of carbonyl (C=O) groups excluding carboxylic acids is 1. The average Bonchev–Trinajstić information content (AvgIpc) is 3.12. The quantitative estimate of drug-likeness (QED) is 0.932. The van der Waals surface area contributed by atoms with Gasteiger partial charge in [0.2, 0.25) is 0 Å². The third-order valence-electron chi connectivity index (χ3n) is 5.50. The molecule has 1 aromatic heterocycles. The van der Waals surface area contributed by atoms with Gasteiger partial charge in [0.05, 0.1) is 18.2 Å². The Kier molecular flexibility index (Phi) is 4.57. The molecule has 1 saturated carbocycles. The summed E-state index contributed by atoms with van der Waals surface area (Å²) in [5.41, 5.74) is 3.15. The van der Waals surface area contributed by atoms with Gasteiger partial charge in [-0.15, -0.1) is 0 Å². The number of hydrogen-bond donors (Lipinski definition) is 1. The molecule has 3 rings (SSSR count). The lowest BCUT2D eigenvalue weighted by atomic mass is 9.95. The van der Waals surface area contributed by atoms with Crippen molar-refractivity contribution in [2.45, 2.75) is 70.9 Å². The molecule has 1 atom stereocenters. The van der Waals surface area contributed by atoms with Crippen LogP contribution in [0.3, 0.4) is 0 Å². The van der Waals surface area contributed by atoms with E-state index in [1.807, 2.05) is 4.90 Å². The molecule has 2 aliphatic rings. The fourth-order valence-electron chi connectivity index (χ4n) is 4.34. The number of hydrogen-bond acceptors (Lipinski definition) is 2. The molecule has 22 heavy (non-hydrogen) atoms. The van der Waals surface area contributed by atoms with Crippen molar-refractivity contribution in [2.24, 2.45) is 0 Å². The summed E-state index contributed by atoms with van der Waals surface area (Å²) in [4.78, 5) is 14.8. The molecular formula is C18H28N2O2. The molecule has 4 nitrogen and oxygen atoms in total. The SMILES string of the molecule is Cc1cc(C(=O)N2CCC[C@@H]2CO)c(C)n1C1CCCCC1. The summed E-state index contributed by atoms with van der Waals surface area (Å²) >= 11 is 0. The molecule has 1 N–H and O–H groups in total. The minimum Gasteiger partial charge on any atom is -0.394 e. The van der Waals surface area contributed by atoms with Crippen molar-refractivity contribution in [3.8, 4) is 0 Å². The lowest BCUT2D eigenvalue weighted by molar-refractivity contribution is 0.0676. The summed E-state index contributed by atoms with van der Waals surface area (Å²) in [6, 6.07) is 2.62. The lowest BCUT2D eigenvalue weighted by Crippen LogP contribution is -2.37. The molecule has 1 aliphatic heterocycles. The Morgan fingerprint density at radius 2 is 1.91 bits per heavy atom. The van der Waals surface area contributed by atoms with Crippen LogP contribution in [0.2, 0.25) is 0 Å². The van der Waals surface area contributed by atoms with Gasteiger partial charge >= 0.3 is 0 Å². The van der Waals surface area contributed by atoms with Crippen molar-refractivity contribution in [3.05, 3.63) is 23.0 Å². The van der Waals surface area contributed by atoms with Crippen LogP contribution in [0.15, 0.2) is 6.07 Å². The number of aryl methyl sites for hydroxylation is 1. The first-order valence-electron chi connectivity index (χ1n) is 8.73. The summed E-state index contributed by atoms with van der Waals surface area (Å²) in [6.07, 6.45) is 8.31. The van der Waals surface area contributed by atoms with Gasteiger partial charge in [0, 0.05) is 24.0 Å². The molecule has 0 aromatic carbocycles. The van der Waals surface area contributed by atoms with E-state index in [2.05, 4.69) is 24.5 Å². The predicted octanol–water partition coefficient (Wildman–Crippen LogP) is 3.21. The summed E-state index contributed by atoms with van der Waals surface area (Å²) in [7, 11) is 0. The fraction of sp³-hybridized carbons (Fsp3) is 0.722. The van der Waals surface area contributed by atoms with E-state index in [-0.39, 0.29) is 18.6 Å². The Labute approximate surface area is 133 Å². The fourth-order valence-corrected chi connectivity index (χ4v) is 4.34. The number of rotatable bonds is 3. The van der Waals surface area contributed by atoms with Crippen LogP contribution in [0.5, 0.6) is 0 Å². The first kappa shape index (κ1) is 15.6. The molecule has 2 fully saturated rings. The predicted molar refractivity (Wildman–Crippen MR) is 87.2 cm³/mol. The van der Waals surface area contributed by atoms with E-state index in [0.29, 0.717) is 6.04 Å². The second-order valence-corrected chi connectivity index (χ2v) is 6.92. The first-order valence-corrected chi connectivity index (χ1v) is 8.73. The monoisotopic (exact) mass is 304 g/mol. The maximum absolute atomic E-state index is 12.9. The Morgan fingerprint density at radius 1 is 1.18 bits per heavy atom. The number of nitrogens with zero attached hydrogens (tertiary/aromatic N) is 2. The Bertz CT molecular complexity index is 544. The van der Waals surface area contributed by atoms with Gasteiger partial charge in [0.25, 0.3) is 5.91 Å². The third kappa shape index (κ3) is 2.69. The van der Waals surface area contributed by atoms with Gasteiger partial charge < -0.3 is 14.6 Å². The zero-order valence-electron chi connectivity index (χ0n) is 13.8. The highest BCUT2D eigenvalue weighted by molar-refractivity contribution is 5.96. The molecule has 0 radical (unpaired) electrons. The summed E-state index contributed by atoms with van der Waals surface area (Å²) in [5.74, 6) is 0.103. The van der Waals surface area contributed by atoms with E-state index in [1.54, 1.807) is 0 Å². The van der Waals surface area contributed by atoms with Gasteiger partial charge in [0.1, 0.15) is 0 Å². The second-order valence-electron chi connectivity index (χ2n) is 6.92. The van der Waals surface area contributed by atoms with E-state index < -0.39 is 0 Å². The number of amides is 1. The summed E-state index contributed by atoms with van der Waals surface area (Å²) in [5, 5.41) is 9.47. The topological polar surface area (TPSA) is 45.5 Å². The highest BCUT2D eigenvalue weighted by atomic mass is 16.3. The standard InChI is InChI=1S/C18H28N2O2/c1-13-11-17(18(22)19-10-6-9-16(19)12-21)14(2)20(13)15-7-4-3-5-8-15/h11,15-16,21H,3-10,12H2,1-2H3/t16-/m1/s1. The average molecular weight is 304 g/mol. The van der Waals surface area contributed by atoms with Gasteiger partial charge in [-0.25, -0.2) is 0 Å². The minimum absolute atomic E-state index is 0.00485. The Balaban J connectivity index is 1.87. The molecule has 0 spiro atoms. The summed E-state index contributed by atoms with van der Waals surface area (Å²) < 4.78 is 2.39. The van der Waals surface area contributed by atoms with Crippen molar-refractivity contribution in [1.82, 2.24) is 9.47 Å². The van der Waals surface area contributed by atoms with Crippen molar-refractivity contribution < 1.29 is 9.90 Å². The minimum atomic E-state index is 0.00485. The number of likely N-dealkylation sites (tertiary alicyclic amines) is 1. The van der Waals surface area contributed by atoms with Crippen molar-refractivity contribution in [2.75, 3.05) is 13.2 Å². The van der Waals surface area contributed by atoms with Gasteiger partial charge in [-0.05, 0) is 45.6 Å². The van der Waals surface area contributed by atoms with Crippen LogP contribution < -0.4 is 0 Å². The number of aromatic nitrogens is 1. The maximum Gasteiger partial charge on any atom is 0.256 e. The van der Waals surface area contributed by atoms with E-state index in [9.17, 15) is 9.90 Å². The smallest absolute Gasteiger partial charge is 0.256 e. The number of aliphatic hydroxyl groups is 1. The van der Waals surface area contributed by atoms with Gasteiger partial charge in [-0.3, -0.25) is 4.79 Å². The second kappa shape index (κ2) is 6.45. The lowest BCUT2D eigenvalue weighted by Gasteiger charge is -2.27. The molecule has 1 saturated heterocycles. The molecule has 4 heteroatoms. The highest BCUT2D eigenvalue weighted by Crippen LogP contribution is 2.33. The summed E-state index contributed by atoms with van der Waals surface area (Å²) in [6.45, 7) is 5.05. The van der Waals surface area contributed by atoms with E-state index in [1.165, 1.54) is 37.8 Å². The first-order chi connectivity index (χ1) is 10.6. The van der Waals surface area contributed by atoms with Crippen LogP contribution in [0.4, 0.5) is 0 Å². The third-order valence-corrected chi connectivity index (χ3v) is 5.50. The molecular weight excluding hydrogens is 276 g/mol. The molecule has 1 amide bonds. The molecule has 0 bridgehead atoms. The molecule has 0 unspecified atom stereocenters. The molecule has 1 aromatic rings. The van der Waals surface area contributed by atoms with Crippen LogP contribution in [0, 0.1) is 13.8 Å². The van der Waals surface area contributed by atoms with E-state index in [4.69, 9.17) is 0 Å². The zero-order chi connectivity index (χ0) is 15.7. The Morgan fingerprint density at radius 3 is 2.59 bits per heavy atom. The Hall–Kier alpha value is -1.29.